The van der Waals surface area contributed by atoms with E-state index >= 15 is 0 Å². The Morgan fingerprint density at radius 3 is 2.35 bits per heavy atom. The normalized spacial score (nSPS) is 15.9. The van der Waals surface area contributed by atoms with Gasteiger partial charge in [0.15, 0.2) is 17.3 Å². The number of hydrogen-bond acceptors (Lipinski definition) is 7. The molecule has 2 aromatic carbocycles. The predicted octanol–water partition coefficient (Wildman–Crippen LogP) is 3.89. The molecule has 1 fully saturated rings. The van der Waals surface area contributed by atoms with Gasteiger partial charge in [-0.05, 0) is 60.5 Å². The lowest BCUT2D eigenvalue weighted by atomic mass is 9.98. The molecular formula is C25H33FN6O2. The van der Waals surface area contributed by atoms with E-state index in [-0.39, 0.29) is 17.4 Å². The second-order valence-corrected chi connectivity index (χ2v) is 9.11. The summed E-state index contributed by atoms with van der Waals surface area (Å²) in [6, 6.07) is 12.7. The molecule has 0 radical (unpaired) electrons. The van der Waals surface area contributed by atoms with Gasteiger partial charge < -0.3 is 14.4 Å². The third-order valence-electron chi connectivity index (χ3n) is 6.77. The summed E-state index contributed by atoms with van der Waals surface area (Å²) in [6.07, 6.45) is 0.880. The van der Waals surface area contributed by atoms with Gasteiger partial charge in [-0.25, -0.2) is 9.07 Å². The van der Waals surface area contributed by atoms with Crippen LogP contribution >= 0.6 is 0 Å². The molecule has 9 heteroatoms. The maximum atomic E-state index is 14.4. The molecule has 0 bridgehead atoms. The van der Waals surface area contributed by atoms with Crippen LogP contribution in [0.2, 0.25) is 0 Å². The molecule has 0 spiro atoms. The zero-order valence-electron chi connectivity index (χ0n) is 20.5. The number of nitrogens with zero attached hydrogens (tertiary/aromatic N) is 6. The highest BCUT2D eigenvalue weighted by Gasteiger charge is 2.35. The van der Waals surface area contributed by atoms with Gasteiger partial charge in [-0.2, -0.15) is 0 Å². The lowest BCUT2D eigenvalue weighted by Gasteiger charge is -2.40. The topological polar surface area (TPSA) is 68.5 Å². The standard InChI is InChI=1S/C25H33FN6O2/c1-6-25(2,3)32-24(27-28-29-32)23(18-11-12-21(33-4)22(17-18)34-5)31-15-13-30(14-16-31)20-10-8-7-9-19(20)26/h7-12,17,23H,6,13-16H2,1-5H3. The van der Waals surface area contributed by atoms with E-state index in [0.29, 0.717) is 30.3 Å². The molecule has 1 aliphatic heterocycles. The molecule has 0 N–H and O–H groups in total. The molecule has 0 amide bonds. The van der Waals surface area contributed by atoms with Crippen LogP contribution in [-0.4, -0.2) is 65.5 Å². The van der Waals surface area contributed by atoms with Crippen LogP contribution in [0.15, 0.2) is 42.5 Å². The van der Waals surface area contributed by atoms with Crippen molar-refractivity contribution in [3.63, 3.8) is 0 Å². The molecule has 2 heterocycles. The molecule has 34 heavy (non-hydrogen) atoms. The van der Waals surface area contributed by atoms with Crippen LogP contribution in [0, 0.1) is 5.82 Å². The highest BCUT2D eigenvalue weighted by Crippen LogP contribution is 2.36. The summed E-state index contributed by atoms with van der Waals surface area (Å²) < 4.78 is 27.4. The number of aromatic nitrogens is 4. The van der Waals surface area contributed by atoms with Crippen LogP contribution in [-0.2, 0) is 5.54 Å². The Morgan fingerprint density at radius 2 is 1.71 bits per heavy atom. The molecule has 0 aliphatic carbocycles. The number of anilines is 1. The Kier molecular flexibility index (Phi) is 7.02. The van der Waals surface area contributed by atoms with Gasteiger partial charge in [0.05, 0.1) is 31.5 Å². The van der Waals surface area contributed by atoms with E-state index in [1.807, 2.05) is 35.0 Å². The quantitative estimate of drug-likeness (QED) is 0.497. The van der Waals surface area contributed by atoms with Crippen molar-refractivity contribution >= 4 is 5.69 Å². The van der Waals surface area contributed by atoms with Crippen LogP contribution < -0.4 is 14.4 Å². The molecule has 0 saturated carbocycles. The third-order valence-corrected chi connectivity index (χ3v) is 6.77. The second-order valence-electron chi connectivity index (χ2n) is 9.11. The van der Waals surface area contributed by atoms with Crippen LogP contribution in [0.5, 0.6) is 11.5 Å². The summed E-state index contributed by atoms with van der Waals surface area (Å²) in [7, 11) is 3.26. The Balaban J connectivity index is 1.70. The van der Waals surface area contributed by atoms with Crippen LogP contribution in [0.25, 0.3) is 0 Å². The van der Waals surface area contributed by atoms with Crippen molar-refractivity contribution in [3.05, 3.63) is 59.7 Å². The average Bonchev–Trinajstić information content (AvgIpc) is 3.35. The average molecular weight is 469 g/mol. The van der Waals surface area contributed by atoms with Gasteiger partial charge in [0.25, 0.3) is 0 Å². The molecule has 1 saturated heterocycles. The first-order chi connectivity index (χ1) is 16.4. The van der Waals surface area contributed by atoms with Crippen LogP contribution in [0.4, 0.5) is 10.1 Å². The summed E-state index contributed by atoms with van der Waals surface area (Å²) in [5, 5.41) is 12.9. The Morgan fingerprint density at radius 1 is 1.00 bits per heavy atom. The maximum absolute atomic E-state index is 14.4. The third kappa shape index (κ3) is 4.57. The van der Waals surface area contributed by atoms with Crippen molar-refractivity contribution in [1.82, 2.24) is 25.1 Å². The van der Waals surface area contributed by atoms with Crippen LogP contribution in [0.1, 0.15) is 44.6 Å². The van der Waals surface area contributed by atoms with Gasteiger partial charge in [-0.15, -0.1) is 5.10 Å². The fourth-order valence-electron chi connectivity index (χ4n) is 4.42. The number of rotatable bonds is 8. The van der Waals surface area contributed by atoms with E-state index in [4.69, 9.17) is 9.47 Å². The van der Waals surface area contributed by atoms with Gasteiger partial charge in [-0.3, -0.25) is 4.90 Å². The highest BCUT2D eigenvalue weighted by atomic mass is 19.1. The minimum Gasteiger partial charge on any atom is -0.493 e. The minimum absolute atomic E-state index is 0.191. The lowest BCUT2D eigenvalue weighted by Crippen LogP contribution is -2.49. The number of para-hydroxylation sites is 1. The first kappa shape index (κ1) is 23.9. The van der Waals surface area contributed by atoms with Gasteiger partial charge in [0.1, 0.15) is 5.82 Å². The summed E-state index contributed by atoms with van der Waals surface area (Å²) in [6.45, 7) is 9.25. The van der Waals surface area contributed by atoms with Crippen molar-refractivity contribution in [1.29, 1.82) is 0 Å². The molecule has 1 aromatic heterocycles. The molecular weight excluding hydrogens is 435 g/mol. The number of piperazine rings is 1. The van der Waals surface area contributed by atoms with Gasteiger partial charge in [0, 0.05) is 26.2 Å². The van der Waals surface area contributed by atoms with E-state index in [0.717, 1.165) is 30.9 Å². The Labute approximate surface area is 200 Å². The second kappa shape index (κ2) is 9.97. The van der Waals surface area contributed by atoms with E-state index in [1.165, 1.54) is 6.07 Å². The molecule has 182 valence electrons. The van der Waals surface area contributed by atoms with E-state index in [1.54, 1.807) is 20.3 Å². The Bertz CT molecular complexity index is 1110. The van der Waals surface area contributed by atoms with Gasteiger partial charge in [0.2, 0.25) is 0 Å². The van der Waals surface area contributed by atoms with Crippen molar-refractivity contribution in [2.75, 3.05) is 45.3 Å². The SMILES string of the molecule is CCC(C)(C)n1nnnc1C(c1ccc(OC)c(OC)c1)N1CCN(c2ccccc2F)CC1. The largest absolute Gasteiger partial charge is 0.493 e. The lowest BCUT2D eigenvalue weighted by molar-refractivity contribution is 0.186. The maximum Gasteiger partial charge on any atom is 0.173 e. The summed E-state index contributed by atoms with van der Waals surface area (Å²) in [5.41, 5.74) is 1.41. The van der Waals surface area contributed by atoms with Crippen molar-refractivity contribution in [2.45, 2.75) is 38.8 Å². The van der Waals surface area contributed by atoms with Crippen molar-refractivity contribution in [3.8, 4) is 11.5 Å². The van der Waals surface area contributed by atoms with Gasteiger partial charge >= 0.3 is 0 Å². The molecule has 3 aromatic rings. The van der Waals surface area contributed by atoms with E-state index in [2.05, 4.69) is 46.1 Å². The molecule has 8 nitrogen and oxygen atoms in total. The first-order valence-electron chi connectivity index (χ1n) is 11.6. The van der Waals surface area contributed by atoms with Crippen molar-refractivity contribution < 1.29 is 13.9 Å². The van der Waals surface area contributed by atoms with E-state index < -0.39 is 0 Å². The monoisotopic (exact) mass is 468 g/mol. The molecule has 1 aliphatic rings. The van der Waals surface area contributed by atoms with Crippen molar-refractivity contribution in [2.24, 2.45) is 0 Å². The predicted molar refractivity (Wildman–Crippen MR) is 129 cm³/mol. The first-order valence-corrected chi connectivity index (χ1v) is 11.6. The van der Waals surface area contributed by atoms with Gasteiger partial charge in [-0.1, -0.05) is 25.1 Å². The fraction of sp³-hybridized carbons (Fsp3) is 0.480. The fourth-order valence-corrected chi connectivity index (χ4v) is 4.42. The summed E-state index contributed by atoms with van der Waals surface area (Å²) in [4.78, 5) is 4.45. The summed E-state index contributed by atoms with van der Waals surface area (Å²) >= 11 is 0. The Hall–Kier alpha value is -3.20. The number of benzene rings is 2. The molecule has 1 unspecified atom stereocenters. The number of halogens is 1. The van der Waals surface area contributed by atoms with Crippen LogP contribution in [0.3, 0.4) is 0 Å². The number of tetrazole rings is 1. The smallest absolute Gasteiger partial charge is 0.173 e. The minimum atomic E-state index is -0.247. The summed E-state index contributed by atoms with van der Waals surface area (Å²) in [5.74, 6) is 1.91. The number of hydrogen-bond donors (Lipinski definition) is 0. The zero-order valence-corrected chi connectivity index (χ0v) is 20.5. The number of ether oxygens (including phenoxy) is 2. The molecule has 4 rings (SSSR count). The number of methoxy groups -OCH3 is 2. The molecule has 1 atom stereocenters. The van der Waals surface area contributed by atoms with E-state index in [9.17, 15) is 4.39 Å². The zero-order chi connectivity index (χ0) is 24.3. The highest BCUT2D eigenvalue weighted by molar-refractivity contribution is 5.48.